The molecule has 0 spiro atoms. The lowest BCUT2D eigenvalue weighted by Gasteiger charge is -2.13. The second kappa shape index (κ2) is 11.5. The molecular weight excluding hydrogens is 483 g/mol. The molecule has 0 aliphatic heterocycles. The van der Waals surface area contributed by atoms with E-state index in [9.17, 15) is 13.9 Å². The van der Waals surface area contributed by atoms with Crippen LogP contribution in [0.5, 0.6) is 17.2 Å². The molecule has 154 valence electrons. The number of benzene rings is 2. The molecule has 0 saturated carbocycles. The minimum absolute atomic E-state index is 0. The summed E-state index contributed by atoms with van der Waals surface area (Å²) in [4.78, 5) is 4.42. The molecule has 6 nitrogen and oxygen atoms in total. The van der Waals surface area contributed by atoms with Crippen molar-refractivity contribution < 1.29 is 23.4 Å². The third kappa shape index (κ3) is 6.39. The first-order valence-corrected chi connectivity index (χ1v) is 8.38. The van der Waals surface area contributed by atoms with Gasteiger partial charge in [0, 0.05) is 18.7 Å². The molecule has 3 N–H and O–H groups in total. The zero-order valence-electron chi connectivity index (χ0n) is 15.9. The van der Waals surface area contributed by atoms with Gasteiger partial charge in [0.25, 0.3) is 0 Å². The number of rotatable bonds is 7. The molecule has 28 heavy (non-hydrogen) atoms. The highest BCUT2D eigenvalue weighted by molar-refractivity contribution is 14.0. The minimum Gasteiger partial charge on any atom is -0.502 e. The molecule has 0 aromatic heterocycles. The van der Waals surface area contributed by atoms with Gasteiger partial charge in [-0.3, -0.25) is 0 Å². The van der Waals surface area contributed by atoms with E-state index in [2.05, 4.69) is 15.6 Å². The van der Waals surface area contributed by atoms with Gasteiger partial charge in [0.05, 0.1) is 20.8 Å². The molecule has 0 unspecified atom stereocenters. The first kappa shape index (κ1) is 23.7. The molecule has 0 radical (unpaired) electrons. The van der Waals surface area contributed by atoms with Crippen LogP contribution >= 0.6 is 24.0 Å². The summed E-state index contributed by atoms with van der Waals surface area (Å²) in [6.45, 7) is 2.83. The summed E-state index contributed by atoms with van der Waals surface area (Å²) < 4.78 is 37.3. The van der Waals surface area contributed by atoms with Gasteiger partial charge in [0.1, 0.15) is 11.6 Å². The fourth-order valence-corrected chi connectivity index (χ4v) is 2.41. The van der Waals surface area contributed by atoms with Crippen LogP contribution in [-0.4, -0.2) is 31.8 Å². The van der Waals surface area contributed by atoms with Crippen molar-refractivity contribution in [1.29, 1.82) is 0 Å². The predicted molar refractivity (Wildman–Crippen MR) is 115 cm³/mol. The standard InChI is InChI=1S/C19H23F2N3O3.HI/c1-4-22-19(24-11-13-9-14(20)5-6-15(13)21)23-10-12-7-16(26-2)18(25)17(8-12)27-3;/h5-9,25H,4,10-11H2,1-3H3,(H2,22,23,24);1H. The Labute approximate surface area is 180 Å². The lowest BCUT2D eigenvalue weighted by molar-refractivity contribution is 0.339. The van der Waals surface area contributed by atoms with E-state index in [0.29, 0.717) is 12.5 Å². The van der Waals surface area contributed by atoms with Gasteiger partial charge >= 0.3 is 0 Å². The van der Waals surface area contributed by atoms with Crippen molar-refractivity contribution in [3.8, 4) is 17.2 Å². The summed E-state index contributed by atoms with van der Waals surface area (Å²) >= 11 is 0. The number of hydrogen-bond acceptors (Lipinski definition) is 4. The van der Waals surface area contributed by atoms with Gasteiger partial charge < -0.3 is 25.2 Å². The quantitative estimate of drug-likeness (QED) is 0.304. The van der Waals surface area contributed by atoms with Crippen LogP contribution in [0.3, 0.4) is 0 Å². The number of aromatic hydroxyl groups is 1. The van der Waals surface area contributed by atoms with Crippen molar-refractivity contribution in [2.24, 2.45) is 4.99 Å². The van der Waals surface area contributed by atoms with Crippen LogP contribution in [0, 0.1) is 11.6 Å². The molecule has 9 heteroatoms. The lowest BCUT2D eigenvalue weighted by Crippen LogP contribution is -2.37. The molecular formula is C19H24F2IN3O3. The fourth-order valence-electron chi connectivity index (χ4n) is 2.41. The maximum Gasteiger partial charge on any atom is 0.200 e. The van der Waals surface area contributed by atoms with E-state index in [1.54, 1.807) is 12.1 Å². The largest absolute Gasteiger partial charge is 0.502 e. The Morgan fingerprint density at radius 1 is 1.07 bits per heavy atom. The Kier molecular flexibility index (Phi) is 9.77. The SMILES string of the molecule is CCNC(=NCc1cc(OC)c(O)c(OC)c1)NCc1cc(F)ccc1F.I. The topological polar surface area (TPSA) is 75.1 Å². The molecule has 0 saturated heterocycles. The molecule has 0 bridgehead atoms. The van der Waals surface area contributed by atoms with Gasteiger partial charge in [-0.05, 0) is 42.8 Å². The van der Waals surface area contributed by atoms with Crippen LogP contribution in [0.15, 0.2) is 35.3 Å². The first-order chi connectivity index (χ1) is 13.0. The van der Waals surface area contributed by atoms with Crippen molar-refractivity contribution in [1.82, 2.24) is 10.6 Å². The summed E-state index contributed by atoms with van der Waals surface area (Å²) in [6.07, 6.45) is 0. The van der Waals surface area contributed by atoms with Gasteiger partial charge in [-0.25, -0.2) is 13.8 Å². The number of phenols is 1. The van der Waals surface area contributed by atoms with Crippen molar-refractivity contribution in [2.45, 2.75) is 20.0 Å². The first-order valence-electron chi connectivity index (χ1n) is 8.38. The summed E-state index contributed by atoms with van der Waals surface area (Å²) in [5.41, 5.74) is 0.948. The Morgan fingerprint density at radius 3 is 2.29 bits per heavy atom. The molecule has 2 rings (SSSR count). The van der Waals surface area contributed by atoms with E-state index in [-0.39, 0.29) is 59.9 Å². The number of halogens is 3. The Balaban J connectivity index is 0.00000392. The number of phenolic OH excluding ortho intramolecular Hbond substituents is 1. The third-order valence-corrected chi connectivity index (χ3v) is 3.76. The van der Waals surface area contributed by atoms with Crippen molar-refractivity contribution >= 4 is 29.9 Å². The summed E-state index contributed by atoms with van der Waals surface area (Å²) in [7, 11) is 2.89. The second-order valence-corrected chi connectivity index (χ2v) is 5.63. The molecule has 0 atom stereocenters. The minimum atomic E-state index is -0.501. The lowest BCUT2D eigenvalue weighted by atomic mass is 10.2. The number of ether oxygens (including phenoxy) is 2. The van der Waals surface area contributed by atoms with Crippen LogP contribution in [0.25, 0.3) is 0 Å². The van der Waals surface area contributed by atoms with E-state index in [1.807, 2.05) is 6.92 Å². The maximum absolute atomic E-state index is 13.7. The molecule has 0 aliphatic carbocycles. The van der Waals surface area contributed by atoms with E-state index in [4.69, 9.17) is 9.47 Å². The highest BCUT2D eigenvalue weighted by Gasteiger charge is 2.11. The molecule has 0 amide bonds. The summed E-state index contributed by atoms with van der Waals surface area (Å²) in [5, 5.41) is 16.0. The van der Waals surface area contributed by atoms with Gasteiger partial charge in [0.15, 0.2) is 17.5 Å². The Hall–Kier alpha value is -2.30. The number of nitrogens with zero attached hydrogens (tertiary/aromatic N) is 1. The number of methoxy groups -OCH3 is 2. The summed E-state index contributed by atoms with van der Waals surface area (Å²) in [5.74, 6) is -0.0867. The maximum atomic E-state index is 13.7. The average molecular weight is 507 g/mol. The van der Waals surface area contributed by atoms with Gasteiger partial charge in [-0.1, -0.05) is 0 Å². The number of hydrogen-bond donors (Lipinski definition) is 3. The third-order valence-electron chi connectivity index (χ3n) is 3.76. The highest BCUT2D eigenvalue weighted by Crippen LogP contribution is 2.37. The van der Waals surface area contributed by atoms with E-state index in [1.165, 1.54) is 14.2 Å². The predicted octanol–water partition coefficient (Wildman–Crippen LogP) is 3.56. The number of aliphatic imine (C=N–C) groups is 1. The zero-order chi connectivity index (χ0) is 19.8. The molecule has 0 heterocycles. The van der Waals surface area contributed by atoms with E-state index in [0.717, 1.165) is 23.8 Å². The van der Waals surface area contributed by atoms with Crippen LogP contribution in [0.2, 0.25) is 0 Å². The van der Waals surface area contributed by atoms with Crippen LogP contribution in [0.4, 0.5) is 8.78 Å². The second-order valence-electron chi connectivity index (χ2n) is 5.63. The fraction of sp³-hybridized carbons (Fsp3) is 0.316. The molecule has 2 aromatic carbocycles. The van der Waals surface area contributed by atoms with Crippen molar-refractivity contribution in [2.75, 3.05) is 20.8 Å². The van der Waals surface area contributed by atoms with Crippen LogP contribution in [0.1, 0.15) is 18.1 Å². The number of nitrogens with one attached hydrogen (secondary N) is 2. The van der Waals surface area contributed by atoms with Gasteiger partial charge in [-0.2, -0.15) is 0 Å². The van der Waals surface area contributed by atoms with Crippen molar-refractivity contribution in [3.63, 3.8) is 0 Å². The van der Waals surface area contributed by atoms with E-state index < -0.39 is 11.6 Å². The Bertz CT molecular complexity index is 794. The van der Waals surface area contributed by atoms with Crippen molar-refractivity contribution in [3.05, 3.63) is 53.1 Å². The average Bonchev–Trinajstić information content (AvgIpc) is 2.67. The van der Waals surface area contributed by atoms with E-state index >= 15 is 0 Å². The summed E-state index contributed by atoms with van der Waals surface area (Å²) in [6, 6.07) is 6.60. The molecule has 0 aliphatic rings. The highest BCUT2D eigenvalue weighted by atomic mass is 127. The van der Waals surface area contributed by atoms with Crippen LogP contribution < -0.4 is 20.1 Å². The monoisotopic (exact) mass is 507 g/mol. The molecule has 2 aromatic rings. The van der Waals surface area contributed by atoms with Gasteiger partial charge in [-0.15, -0.1) is 24.0 Å². The number of guanidine groups is 1. The zero-order valence-corrected chi connectivity index (χ0v) is 18.2. The van der Waals surface area contributed by atoms with Gasteiger partial charge in [0.2, 0.25) is 5.75 Å². The normalized spacial score (nSPS) is 10.8. The smallest absolute Gasteiger partial charge is 0.200 e. The Morgan fingerprint density at radius 2 is 1.71 bits per heavy atom. The molecule has 0 fully saturated rings. The van der Waals surface area contributed by atoms with Crippen LogP contribution in [-0.2, 0) is 13.1 Å².